The molecule has 0 saturated carbocycles. The first-order chi connectivity index (χ1) is 21.7. The fraction of sp³-hybridized carbons (Fsp3) is 0.342. The summed E-state index contributed by atoms with van der Waals surface area (Å²) in [6, 6.07) is 30.6. The molecule has 0 bridgehead atoms. The van der Waals surface area contributed by atoms with Gasteiger partial charge in [0.25, 0.3) is 0 Å². The highest BCUT2D eigenvalue weighted by molar-refractivity contribution is 5.88. The third kappa shape index (κ3) is 11.2. The van der Waals surface area contributed by atoms with Crippen LogP contribution in [0.25, 0.3) is 11.1 Å². The van der Waals surface area contributed by atoms with Crippen molar-refractivity contribution in [3.63, 3.8) is 0 Å². The van der Waals surface area contributed by atoms with Crippen LogP contribution in [0, 0.1) is 0 Å². The highest BCUT2D eigenvalue weighted by Gasteiger charge is 2.16. The highest BCUT2D eigenvalue weighted by Crippen LogP contribution is 2.23. The molecule has 236 valence electrons. The molecule has 0 aliphatic carbocycles. The van der Waals surface area contributed by atoms with Crippen LogP contribution < -0.4 is 4.74 Å². The van der Waals surface area contributed by atoms with E-state index in [4.69, 9.17) is 14.2 Å². The van der Waals surface area contributed by atoms with Crippen molar-refractivity contribution in [2.75, 3.05) is 20.2 Å². The van der Waals surface area contributed by atoms with Crippen molar-refractivity contribution in [1.29, 1.82) is 0 Å². The van der Waals surface area contributed by atoms with Crippen LogP contribution in [0.4, 0.5) is 0 Å². The second-order valence-electron chi connectivity index (χ2n) is 12.1. The van der Waals surface area contributed by atoms with Crippen molar-refractivity contribution in [1.82, 2.24) is 9.88 Å². The summed E-state index contributed by atoms with van der Waals surface area (Å²) in [6.45, 7) is 8.32. The van der Waals surface area contributed by atoms with Gasteiger partial charge in [-0.2, -0.15) is 0 Å². The summed E-state index contributed by atoms with van der Waals surface area (Å²) in [7, 11) is 1.36. The Bertz CT molecular complexity index is 1500. The molecule has 4 rings (SSSR count). The zero-order chi connectivity index (χ0) is 32.1. The molecule has 0 atom stereocenters. The number of carbonyl (C=O) groups excluding carboxylic acids is 2. The average molecular weight is 609 g/mol. The Kier molecular flexibility index (Phi) is 12.3. The fourth-order valence-electron chi connectivity index (χ4n) is 4.97. The third-order valence-electron chi connectivity index (χ3n) is 7.28. The lowest BCUT2D eigenvalue weighted by Gasteiger charge is -2.23. The van der Waals surface area contributed by atoms with Crippen LogP contribution in [0.5, 0.6) is 5.75 Å². The third-order valence-corrected chi connectivity index (χ3v) is 7.28. The summed E-state index contributed by atoms with van der Waals surface area (Å²) in [5.74, 6) is 0.293. The van der Waals surface area contributed by atoms with Gasteiger partial charge in [0.2, 0.25) is 0 Å². The van der Waals surface area contributed by atoms with Gasteiger partial charge in [0.15, 0.2) is 0 Å². The van der Waals surface area contributed by atoms with E-state index < -0.39 is 11.6 Å². The van der Waals surface area contributed by atoms with Gasteiger partial charge in [-0.05, 0) is 87.0 Å². The Balaban J connectivity index is 1.37. The summed E-state index contributed by atoms with van der Waals surface area (Å²) in [5, 5.41) is 0. The van der Waals surface area contributed by atoms with Gasteiger partial charge < -0.3 is 14.2 Å². The van der Waals surface area contributed by atoms with E-state index in [9.17, 15) is 9.59 Å². The quantitative estimate of drug-likeness (QED) is 0.101. The number of rotatable bonds is 15. The van der Waals surface area contributed by atoms with Crippen LogP contribution in [-0.4, -0.2) is 47.6 Å². The van der Waals surface area contributed by atoms with Gasteiger partial charge in [0.05, 0.1) is 18.4 Å². The number of unbranched alkanes of at least 4 members (excludes halogenated alkanes) is 1. The first kappa shape index (κ1) is 33.4. The van der Waals surface area contributed by atoms with Gasteiger partial charge >= 0.3 is 11.9 Å². The molecule has 0 unspecified atom stereocenters. The molecular weight excluding hydrogens is 564 g/mol. The largest absolute Gasteiger partial charge is 0.489 e. The van der Waals surface area contributed by atoms with Crippen LogP contribution in [0.3, 0.4) is 0 Å². The van der Waals surface area contributed by atoms with Crippen molar-refractivity contribution in [3.05, 3.63) is 120 Å². The number of carbonyl (C=O) groups is 2. The van der Waals surface area contributed by atoms with E-state index >= 15 is 0 Å². The van der Waals surface area contributed by atoms with E-state index in [1.54, 1.807) is 12.3 Å². The van der Waals surface area contributed by atoms with Crippen LogP contribution in [-0.2, 0) is 33.8 Å². The molecule has 3 aromatic carbocycles. The molecule has 4 aromatic rings. The lowest BCUT2D eigenvalue weighted by atomic mass is 10.0. The molecular formula is C38H44N2O5. The predicted molar refractivity (Wildman–Crippen MR) is 177 cm³/mol. The Morgan fingerprint density at radius 3 is 2.20 bits per heavy atom. The monoisotopic (exact) mass is 608 g/mol. The summed E-state index contributed by atoms with van der Waals surface area (Å²) in [5.41, 5.74) is 5.42. The molecule has 7 nitrogen and oxygen atoms in total. The first-order valence-electron chi connectivity index (χ1n) is 15.5. The second kappa shape index (κ2) is 16.5. The van der Waals surface area contributed by atoms with Crippen molar-refractivity contribution in [2.45, 2.75) is 65.2 Å². The minimum atomic E-state index is -0.480. The molecule has 0 aliphatic heterocycles. The van der Waals surface area contributed by atoms with Gasteiger partial charge in [-0.3, -0.25) is 14.7 Å². The minimum absolute atomic E-state index is 0.171. The normalized spacial score (nSPS) is 11.3. The SMILES string of the molecule is COC(=O)c1ccc(CN(CCCCC(=O)OC(C)(C)C)CCc2ccccc2OCc2ccc(-c3ccccc3)cc2)nc1. The van der Waals surface area contributed by atoms with E-state index in [2.05, 4.69) is 52.3 Å². The van der Waals surface area contributed by atoms with Gasteiger partial charge in [-0.15, -0.1) is 0 Å². The number of hydrogen-bond donors (Lipinski definition) is 0. The number of nitrogens with zero attached hydrogens (tertiary/aromatic N) is 2. The van der Waals surface area contributed by atoms with Crippen molar-refractivity contribution >= 4 is 11.9 Å². The number of benzene rings is 3. The van der Waals surface area contributed by atoms with E-state index in [1.165, 1.54) is 18.2 Å². The predicted octanol–water partition coefficient (Wildman–Crippen LogP) is 7.67. The van der Waals surface area contributed by atoms with Crippen LogP contribution in [0.15, 0.2) is 97.2 Å². The summed E-state index contributed by atoms with van der Waals surface area (Å²) >= 11 is 0. The molecule has 0 spiro atoms. The van der Waals surface area contributed by atoms with Crippen molar-refractivity contribution in [2.24, 2.45) is 0 Å². The molecule has 1 heterocycles. The Labute approximate surface area is 267 Å². The van der Waals surface area contributed by atoms with Crippen LogP contribution in [0.2, 0.25) is 0 Å². The van der Waals surface area contributed by atoms with Gasteiger partial charge in [-0.1, -0.05) is 72.8 Å². The maximum absolute atomic E-state index is 12.2. The highest BCUT2D eigenvalue weighted by atomic mass is 16.6. The lowest BCUT2D eigenvalue weighted by molar-refractivity contribution is -0.154. The van der Waals surface area contributed by atoms with Gasteiger partial charge in [0.1, 0.15) is 18.0 Å². The van der Waals surface area contributed by atoms with Crippen LogP contribution in [0.1, 0.15) is 67.2 Å². The molecule has 1 aromatic heterocycles. The van der Waals surface area contributed by atoms with Crippen LogP contribution >= 0.6 is 0 Å². The molecule has 0 radical (unpaired) electrons. The summed E-state index contributed by atoms with van der Waals surface area (Å²) in [6.07, 6.45) is 4.31. The fourth-order valence-corrected chi connectivity index (χ4v) is 4.97. The zero-order valence-electron chi connectivity index (χ0n) is 26.8. The van der Waals surface area contributed by atoms with Gasteiger partial charge in [-0.25, -0.2) is 4.79 Å². The molecule has 0 amide bonds. The topological polar surface area (TPSA) is 78.0 Å². The standard InChI is InChI=1S/C38H44N2O5/c1-38(2,3)45-36(41)16-10-11-24-40(27-34-22-21-33(26-39-34)37(42)43-4)25-23-32-14-8-9-15-35(32)44-28-29-17-19-31(20-18-29)30-12-6-5-7-13-30/h5-9,12-15,17-22,26H,10-11,16,23-25,27-28H2,1-4H3. The maximum Gasteiger partial charge on any atom is 0.339 e. The van der Waals surface area contributed by atoms with Crippen molar-refractivity contribution in [3.8, 4) is 16.9 Å². The molecule has 45 heavy (non-hydrogen) atoms. The zero-order valence-corrected chi connectivity index (χ0v) is 26.8. The number of para-hydroxylation sites is 1. The van der Waals surface area contributed by atoms with E-state index in [0.717, 1.165) is 54.9 Å². The first-order valence-corrected chi connectivity index (χ1v) is 15.5. The summed E-state index contributed by atoms with van der Waals surface area (Å²) < 4.78 is 16.6. The van der Waals surface area contributed by atoms with E-state index in [-0.39, 0.29) is 5.97 Å². The van der Waals surface area contributed by atoms with E-state index in [0.29, 0.717) is 25.1 Å². The maximum atomic E-state index is 12.2. The number of pyridine rings is 1. The number of aromatic nitrogens is 1. The Morgan fingerprint density at radius 2 is 1.51 bits per heavy atom. The Hall–Kier alpha value is -4.49. The molecule has 0 fully saturated rings. The average Bonchev–Trinajstić information content (AvgIpc) is 3.04. The molecule has 0 saturated heterocycles. The van der Waals surface area contributed by atoms with Gasteiger partial charge in [0, 0.05) is 25.7 Å². The molecule has 7 heteroatoms. The number of hydrogen-bond acceptors (Lipinski definition) is 7. The Morgan fingerprint density at radius 1 is 0.800 bits per heavy atom. The molecule has 0 aliphatic rings. The number of ether oxygens (including phenoxy) is 3. The minimum Gasteiger partial charge on any atom is -0.489 e. The van der Waals surface area contributed by atoms with E-state index in [1.807, 2.05) is 63.2 Å². The molecule has 0 N–H and O–H groups in total. The number of methoxy groups -OCH3 is 1. The number of esters is 2. The smallest absolute Gasteiger partial charge is 0.339 e. The van der Waals surface area contributed by atoms with Crippen molar-refractivity contribution < 1.29 is 23.8 Å². The lowest BCUT2D eigenvalue weighted by Crippen LogP contribution is -2.28. The second-order valence-corrected chi connectivity index (χ2v) is 12.1. The summed E-state index contributed by atoms with van der Waals surface area (Å²) in [4.78, 5) is 30.9.